The van der Waals surface area contributed by atoms with Gasteiger partial charge in [0.15, 0.2) is 5.76 Å². The Morgan fingerprint density at radius 3 is 2.63 bits per heavy atom. The van der Waals surface area contributed by atoms with Crippen LogP contribution in [0, 0.1) is 17.0 Å². The summed E-state index contributed by atoms with van der Waals surface area (Å²) in [5.74, 6) is 1.18. The summed E-state index contributed by atoms with van der Waals surface area (Å²) in [6.45, 7) is 1.92. The highest BCUT2D eigenvalue weighted by atomic mass is 79.9. The van der Waals surface area contributed by atoms with E-state index in [9.17, 15) is 14.9 Å². The average Bonchev–Trinajstić information content (AvgIpc) is 3.29. The molecule has 0 saturated carbocycles. The van der Waals surface area contributed by atoms with Crippen LogP contribution in [0.5, 0.6) is 17.2 Å². The van der Waals surface area contributed by atoms with E-state index in [2.05, 4.69) is 21.2 Å². The SMILES string of the molecule is Cc1cc(Cl)ccc1Oc1cc(NC(=O)c2ccc(COc3ccccc3Br)o2)cc([N+](=O)[O-])c1. The molecular weight excluding hydrogens is 540 g/mol. The molecule has 1 N–H and O–H groups in total. The summed E-state index contributed by atoms with van der Waals surface area (Å²) in [5.41, 5.74) is 0.682. The van der Waals surface area contributed by atoms with Gasteiger partial charge in [-0.15, -0.1) is 0 Å². The molecule has 1 heterocycles. The van der Waals surface area contributed by atoms with Gasteiger partial charge in [-0.2, -0.15) is 0 Å². The maximum Gasteiger partial charge on any atom is 0.291 e. The van der Waals surface area contributed by atoms with Crippen molar-refractivity contribution in [1.82, 2.24) is 0 Å². The Balaban J connectivity index is 1.48. The number of aryl methyl sites for hydroxylation is 1. The van der Waals surface area contributed by atoms with Crippen molar-refractivity contribution in [1.29, 1.82) is 0 Å². The number of nitrogens with zero attached hydrogens (tertiary/aromatic N) is 1. The van der Waals surface area contributed by atoms with Crippen molar-refractivity contribution in [2.45, 2.75) is 13.5 Å². The van der Waals surface area contributed by atoms with Crippen molar-refractivity contribution in [2.24, 2.45) is 0 Å². The van der Waals surface area contributed by atoms with Crippen LogP contribution >= 0.6 is 27.5 Å². The Labute approximate surface area is 213 Å². The van der Waals surface area contributed by atoms with Gasteiger partial charge in [0.1, 0.15) is 29.6 Å². The van der Waals surface area contributed by atoms with Crippen LogP contribution in [0.4, 0.5) is 11.4 Å². The lowest BCUT2D eigenvalue weighted by molar-refractivity contribution is -0.384. The van der Waals surface area contributed by atoms with Gasteiger partial charge in [0.2, 0.25) is 0 Å². The lowest BCUT2D eigenvalue weighted by atomic mass is 10.2. The second-order valence-electron chi connectivity index (χ2n) is 7.42. The number of hydrogen-bond acceptors (Lipinski definition) is 6. The van der Waals surface area contributed by atoms with Crippen molar-refractivity contribution in [3.05, 3.63) is 109 Å². The van der Waals surface area contributed by atoms with E-state index < -0.39 is 10.8 Å². The molecular formula is C25H18BrClN2O6. The number of nitrogens with one attached hydrogen (secondary N) is 1. The van der Waals surface area contributed by atoms with Gasteiger partial charge in [-0.25, -0.2) is 0 Å². The van der Waals surface area contributed by atoms with E-state index in [1.54, 1.807) is 37.3 Å². The van der Waals surface area contributed by atoms with Crippen LogP contribution in [0.25, 0.3) is 0 Å². The molecule has 4 aromatic rings. The van der Waals surface area contributed by atoms with E-state index in [1.807, 2.05) is 18.2 Å². The van der Waals surface area contributed by atoms with E-state index in [-0.39, 0.29) is 29.5 Å². The number of hydrogen-bond donors (Lipinski definition) is 1. The predicted molar refractivity (Wildman–Crippen MR) is 134 cm³/mol. The highest BCUT2D eigenvalue weighted by Gasteiger charge is 2.17. The number of nitro benzene ring substituents is 1. The van der Waals surface area contributed by atoms with Gasteiger partial charge in [0, 0.05) is 17.2 Å². The largest absolute Gasteiger partial charge is 0.484 e. The normalized spacial score (nSPS) is 10.6. The zero-order valence-electron chi connectivity index (χ0n) is 18.3. The second-order valence-corrected chi connectivity index (χ2v) is 8.71. The number of ether oxygens (including phenoxy) is 2. The van der Waals surface area contributed by atoms with Gasteiger partial charge in [0.05, 0.1) is 21.1 Å². The van der Waals surface area contributed by atoms with Crippen molar-refractivity contribution in [2.75, 3.05) is 5.32 Å². The van der Waals surface area contributed by atoms with Crippen molar-refractivity contribution in [3.63, 3.8) is 0 Å². The third-order valence-corrected chi connectivity index (χ3v) is 5.71. The lowest BCUT2D eigenvalue weighted by Gasteiger charge is -2.11. The number of carbonyl (C=O) groups excluding carboxylic acids is 1. The van der Waals surface area contributed by atoms with E-state index in [4.69, 9.17) is 25.5 Å². The molecule has 0 saturated heterocycles. The second kappa shape index (κ2) is 10.6. The molecule has 1 aromatic heterocycles. The van der Waals surface area contributed by atoms with E-state index >= 15 is 0 Å². The highest BCUT2D eigenvalue weighted by Crippen LogP contribution is 2.32. The molecule has 1 amide bonds. The molecule has 0 bridgehead atoms. The van der Waals surface area contributed by atoms with Crippen molar-refractivity contribution >= 4 is 44.8 Å². The van der Waals surface area contributed by atoms with Gasteiger partial charge in [-0.1, -0.05) is 23.7 Å². The lowest BCUT2D eigenvalue weighted by Crippen LogP contribution is -2.11. The molecule has 0 aliphatic carbocycles. The number of benzene rings is 3. The number of para-hydroxylation sites is 1. The highest BCUT2D eigenvalue weighted by molar-refractivity contribution is 9.10. The zero-order valence-corrected chi connectivity index (χ0v) is 20.6. The molecule has 0 spiro atoms. The van der Waals surface area contributed by atoms with Crippen LogP contribution in [0.3, 0.4) is 0 Å². The molecule has 3 aromatic carbocycles. The minimum Gasteiger partial charge on any atom is -0.484 e. The molecule has 0 aliphatic rings. The molecule has 8 nitrogen and oxygen atoms in total. The van der Waals surface area contributed by atoms with E-state index in [0.29, 0.717) is 22.3 Å². The van der Waals surface area contributed by atoms with Gasteiger partial charge in [-0.05, 0) is 70.9 Å². The average molecular weight is 558 g/mol. The third kappa shape index (κ3) is 6.20. The van der Waals surface area contributed by atoms with Crippen LogP contribution in [0.15, 0.2) is 81.7 Å². The summed E-state index contributed by atoms with van der Waals surface area (Å²) in [4.78, 5) is 23.6. The summed E-state index contributed by atoms with van der Waals surface area (Å²) in [6.07, 6.45) is 0. The van der Waals surface area contributed by atoms with Crippen LogP contribution in [-0.2, 0) is 6.61 Å². The van der Waals surface area contributed by atoms with Gasteiger partial charge in [0.25, 0.3) is 11.6 Å². The van der Waals surface area contributed by atoms with Gasteiger partial charge < -0.3 is 19.2 Å². The number of rotatable bonds is 8. The number of amides is 1. The van der Waals surface area contributed by atoms with Gasteiger partial charge >= 0.3 is 0 Å². The Bertz CT molecular complexity index is 1400. The fourth-order valence-corrected chi connectivity index (χ4v) is 3.78. The van der Waals surface area contributed by atoms with Crippen LogP contribution in [-0.4, -0.2) is 10.8 Å². The molecule has 35 heavy (non-hydrogen) atoms. The first kappa shape index (κ1) is 24.3. The monoisotopic (exact) mass is 556 g/mol. The number of carbonyl (C=O) groups is 1. The smallest absolute Gasteiger partial charge is 0.291 e. The maximum atomic E-state index is 12.7. The summed E-state index contributed by atoms with van der Waals surface area (Å²) < 4.78 is 17.9. The van der Waals surface area contributed by atoms with Crippen LogP contribution in [0.2, 0.25) is 5.02 Å². The minimum absolute atomic E-state index is 0.0262. The predicted octanol–water partition coefficient (Wildman–Crippen LogP) is 7.54. The van der Waals surface area contributed by atoms with Crippen LogP contribution in [0.1, 0.15) is 21.9 Å². The Morgan fingerprint density at radius 1 is 1.09 bits per heavy atom. The molecule has 10 heteroatoms. The molecule has 0 fully saturated rings. The number of nitro groups is 1. The third-order valence-electron chi connectivity index (χ3n) is 4.82. The Morgan fingerprint density at radius 2 is 1.89 bits per heavy atom. The van der Waals surface area contributed by atoms with E-state index in [0.717, 1.165) is 10.0 Å². The topological polar surface area (TPSA) is 104 Å². The molecule has 4 rings (SSSR count). The minimum atomic E-state index is -0.578. The first-order valence-electron chi connectivity index (χ1n) is 10.3. The number of furan rings is 1. The Hall–Kier alpha value is -3.82. The number of non-ortho nitro benzene ring substituents is 1. The molecule has 0 unspecified atom stereocenters. The first-order valence-corrected chi connectivity index (χ1v) is 11.5. The molecule has 0 radical (unpaired) electrons. The van der Waals surface area contributed by atoms with Crippen molar-refractivity contribution < 1.29 is 23.6 Å². The number of halogens is 2. The van der Waals surface area contributed by atoms with Crippen molar-refractivity contribution in [3.8, 4) is 17.2 Å². The van der Waals surface area contributed by atoms with Gasteiger partial charge in [-0.3, -0.25) is 14.9 Å². The Kier molecular flexibility index (Phi) is 7.38. The summed E-state index contributed by atoms with van der Waals surface area (Å²) in [7, 11) is 0. The fourth-order valence-electron chi connectivity index (χ4n) is 3.16. The zero-order chi connectivity index (χ0) is 24.9. The maximum absolute atomic E-state index is 12.7. The molecule has 0 aliphatic heterocycles. The summed E-state index contributed by atoms with van der Waals surface area (Å²) >= 11 is 9.38. The molecule has 178 valence electrons. The van der Waals surface area contributed by atoms with E-state index in [1.165, 1.54) is 24.3 Å². The summed E-state index contributed by atoms with van der Waals surface area (Å²) in [5, 5.41) is 14.6. The number of anilines is 1. The standard InChI is InChI=1S/C25H18BrClN2O6/c1-15-10-16(27)6-8-22(15)35-20-12-17(11-18(13-20)29(31)32)28-25(30)24-9-7-19(34-24)14-33-23-5-3-2-4-21(23)26/h2-13H,14H2,1H3,(H,28,30). The van der Waals surface area contributed by atoms with Crippen LogP contribution < -0.4 is 14.8 Å². The quantitative estimate of drug-likeness (QED) is 0.177. The molecule has 0 atom stereocenters. The fraction of sp³-hybridized carbons (Fsp3) is 0.0800. The first-order chi connectivity index (χ1) is 16.8. The summed E-state index contributed by atoms with van der Waals surface area (Å²) in [6, 6.07) is 19.5.